The molecule has 0 saturated carbocycles. The Balaban J connectivity index is 4.88. The highest BCUT2D eigenvalue weighted by Gasteiger charge is 2.35. The zero-order chi connectivity index (χ0) is 40.6. The Labute approximate surface area is 360 Å². The van der Waals surface area contributed by atoms with Crippen LogP contribution in [0.4, 0.5) is 0 Å². The summed E-state index contributed by atoms with van der Waals surface area (Å²) in [6.45, 7) is 9.35. The fourth-order valence-corrected chi connectivity index (χ4v) is 14.6. The zero-order valence-corrected chi connectivity index (χ0v) is 41.4. The highest BCUT2D eigenvalue weighted by atomic mass is 31.2. The molecule has 338 valence electrons. The molecule has 0 saturated heterocycles. The van der Waals surface area contributed by atoms with E-state index in [9.17, 15) is 0 Å². The Bertz CT molecular complexity index is 606. The van der Waals surface area contributed by atoms with Crippen LogP contribution in [-0.2, 0) is 0 Å². The van der Waals surface area contributed by atoms with E-state index in [0.29, 0.717) is 0 Å². The molecular formula is C55H114P+. The topological polar surface area (TPSA) is 0 Å². The smallest absolute Gasteiger partial charge is 0.0594 e. The minimum Gasteiger partial charge on any atom is -0.0654 e. The molecule has 1 heteroatoms. The van der Waals surface area contributed by atoms with Gasteiger partial charge in [-0.2, -0.15) is 0 Å². The van der Waals surface area contributed by atoms with Crippen molar-refractivity contribution in [1.29, 1.82) is 0 Å². The van der Waals surface area contributed by atoms with Gasteiger partial charge in [-0.3, -0.25) is 0 Å². The second-order valence-corrected chi connectivity index (χ2v) is 23.9. The molecule has 0 spiro atoms. The van der Waals surface area contributed by atoms with Crippen LogP contribution in [0.5, 0.6) is 0 Å². The molecule has 0 unspecified atom stereocenters. The van der Waals surface area contributed by atoms with E-state index in [0.717, 1.165) is 0 Å². The maximum Gasteiger partial charge on any atom is 0.0594 e. The first-order chi connectivity index (χ1) is 27.7. The van der Waals surface area contributed by atoms with Gasteiger partial charge in [0.2, 0.25) is 0 Å². The van der Waals surface area contributed by atoms with Gasteiger partial charge in [-0.25, -0.2) is 0 Å². The van der Waals surface area contributed by atoms with Crippen molar-refractivity contribution in [2.24, 2.45) is 0 Å². The first-order valence-corrected chi connectivity index (χ1v) is 30.1. The van der Waals surface area contributed by atoms with E-state index in [-0.39, 0.29) is 0 Å². The second kappa shape index (κ2) is 49.8. The average molecular weight is 806 g/mol. The first-order valence-electron chi connectivity index (χ1n) is 27.6. The molecule has 0 aliphatic rings. The highest BCUT2D eigenvalue weighted by molar-refractivity contribution is 7.75. The monoisotopic (exact) mass is 806 g/mol. The number of unbranched alkanes of at least 4 members (excludes halogenated alkanes) is 43. The molecule has 0 rings (SSSR count). The van der Waals surface area contributed by atoms with Crippen molar-refractivity contribution >= 4 is 7.26 Å². The SMILES string of the molecule is CCCCCCCCCCCCCCCC[P+](CCCCCCCCCCCCC)(CCCCCCCCCCCCC)CCCCCCCCCCCCC. The van der Waals surface area contributed by atoms with Gasteiger partial charge in [0.1, 0.15) is 0 Å². The highest BCUT2D eigenvalue weighted by Crippen LogP contribution is 2.61. The molecule has 0 fully saturated rings. The van der Waals surface area contributed by atoms with Crippen molar-refractivity contribution < 1.29 is 0 Å². The Morgan fingerprint density at radius 3 is 0.375 bits per heavy atom. The van der Waals surface area contributed by atoms with Crippen LogP contribution in [-0.4, -0.2) is 24.6 Å². The van der Waals surface area contributed by atoms with E-state index in [2.05, 4.69) is 27.7 Å². The Hall–Kier alpha value is 0.430. The van der Waals surface area contributed by atoms with Crippen LogP contribution in [0.2, 0.25) is 0 Å². The molecule has 56 heavy (non-hydrogen) atoms. The molecular weight excluding hydrogens is 692 g/mol. The summed E-state index contributed by atoms with van der Waals surface area (Å²) in [5.74, 6) is 0. The van der Waals surface area contributed by atoms with E-state index in [1.807, 2.05) is 0 Å². The van der Waals surface area contributed by atoms with E-state index in [1.54, 1.807) is 50.3 Å². The molecule has 0 radical (unpaired) electrons. The summed E-state index contributed by atoms with van der Waals surface area (Å²) in [5, 5.41) is 0. The van der Waals surface area contributed by atoms with Crippen LogP contribution in [0.1, 0.15) is 329 Å². The standard InChI is InChI=1S/C55H114P/c1-5-9-13-17-21-25-29-30-31-35-39-43-47-51-55-56(52-48-44-40-36-32-26-22-18-14-10-6-2,53-49-45-41-37-33-27-23-19-15-11-7-3)54-50-46-42-38-34-28-24-20-16-12-8-4/h5-55H2,1-4H3/q+1. The second-order valence-electron chi connectivity index (χ2n) is 19.4. The molecule has 0 aromatic rings. The van der Waals surface area contributed by atoms with Gasteiger partial charge in [-0.1, -0.05) is 278 Å². The van der Waals surface area contributed by atoms with Crippen molar-refractivity contribution in [3.05, 3.63) is 0 Å². The maximum absolute atomic E-state index is 2.34. The lowest BCUT2D eigenvalue weighted by atomic mass is 10.0. The minimum absolute atomic E-state index is 0.812. The number of hydrogen-bond donors (Lipinski definition) is 0. The van der Waals surface area contributed by atoms with Crippen molar-refractivity contribution in [3.63, 3.8) is 0 Å². The molecule has 0 aromatic carbocycles. The van der Waals surface area contributed by atoms with Gasteiger partial charge < -0.3 is 0 Å². The predicted octanol–water partition coefficient (Wildman–Crippen LogP) is 21.4. The van der Waals surface area contributed by atoms with Crippen LogP contribution >= 0.6 is 7.26 Å². The van der Waals surface area contributed by atoms with E-state index >= 15 is 0 Å². The predicted molar refractivity (Wildman–Crippen MR) is 266 cm³/mol. The van der Waals surface area contributed by atoms with Gasteiger partial charge in [-0.15, -0.1) is 0 Å². The molecule has 0 atom stereocenters. The molecule has 0 N–H and O–H groups in total. The van der Waals surface area contributed by atoms with Gasteiger partial charge in [0.15, 0.2) is 0 Å². The van der Waals surface area contributed by atoms with Crippen LogP contribution in [0, 0.1) is 0 Å². The van der Waals surface area contributed by atoms with Gasteiger partial charge in [-0.05, 0) is 51.4 Å². The van der Waals surface area contributed by atoms with Gasteiger partial charge in [0.05, 0.1) is 24.6 Å². The lowest BCUT2D eigenvalue weighted by Gasteiger charge is -2.28. The molecule has 0 heterocycles. The molecule has 0 aliphatic heterocycles. The third-order valence-corrected chi connectivity index (χ3v) is 18.8. The first kappa shape index (κ1) is 56.4. The molecule has 0 amide bonds. The minimum atomic E-state index is -0.812. The summed E-state index contributed by atoms with van der Waals surface area (Å²) in [4.78, 5) is 0. The summed E-state index contributed by atoms with van der Waals surface area (Å²) in [6, 6.07) is 0. The Morgan fingerprint density at radius 1 is 0.143 bits per heavy atom. The van der Waals surface area contributed by atoms with Gasteiger partial charge in [0, 0.05) is 7.26 Å². The fraction of sp³-hybridized carbons (Fsp3) is 1.00. The van der Waals surface area contributed by atoms with E-state index in [1.165, 1.54) is 276 Å². The summed E-state index contributed by atoms with van der Waals surface area (Å²) in [5.41, 5.74) is 0. The lowest BCUT2D eigenvalue weighted by molar-refractivity contribution is 0.538. The van der Waals surface area contributed by atoms with E-state index < -0.39 is 7.26 Å². The van der Waals surface area contributed by atoms with Crippen molar-refractivity contribution in [2.75, 3.05) is 24.6 Å². The van der Waals surface area contributed by atoms with Crippen LogP contribution in [0.15, 0.2) is 0 Å². The molecule has 0 aromatic heterocycles. The normalized spacial score (nSPS) is 12.0. The summed E-state index contributed by atoms with van der Waals surface area (Å²) in [6.07, 6.45) is 76.8. The molecule has 0 aliphatic carbocycles. The van der Waals surface area contributed by atoms with Crippen LogP contribution in [0.25, 0.3) is 0 Å². The average Bonchev–Trinajstić information content (AvgIpc) is 3.21. The summed E-state index contributed by atoms with van der Waals surface area (Å²) >= 11 is 0. The lowest BCUT2D eigenvalue weighted by Crippen LogP contribution is -2.13. The van der Waals surface area contributed by atoms with Crippen molar-refractivity contribution in [3.8, 4) is 0 Å². The van der Waals surface area contributed by atoms with Crippen LogP contribution in [0.3, 0.4) is 0 Å². The maximum atomic E-state index is 2.34. The molecule has 0 nitrogen and oxygen atoms in total. The Kier molecular flexibility index (Phi) is 50.2. The summed E-state index contributed by atoms with van der Waals surface area (Å²) in [7, 11) is -0.812. The summed E-state index contributed by atoms with van der Waals surface area (Å²) < 4.78 is 0. The van der Waals surface area contributed by atoms with Gasteiger partial charge in [0.25, 0.3) is 0 Å². The largest absolute Gasteiger partial charge is 0.0654 e. The number of rotatable bonds is 51. The van der Waals surface area contributed by atoms with Gasteiger partial charge >= 0.3 is 0 Å². The van der Waals surface area contributed by atoms with Crippen LogP contribution < -0.4 is 0 Å². The zero-order valence-electron chi connectivity index (χ0n) is 40.5. The van der Waals surface area contributed by atoms with E-state index in [4.69, 9.17) is 0 Å². The van der Waals surface area contributed by atoms with Crippen molar-refractivity contribution in [1.82, 2.24) is 0 Å². The van der Waals surface area contributed by atoms with Crippen molar-refractivity contribution in [2.45, 2.75) is 329 Å². The fourth-order valence-electron chi connectivity index (χ4n) is 9.65. The Morgan fingerprint density at radius 2 is 0.250 bits per heavy atom. The number of hydrogen-bond acceptors (Lipinski definition) is 0. The quantitative estimate of drug-likeness (QED) is 0.0424. The molecule has 0 bridgehead atoms. The third-order valence-electron chi connectivity index (χ3n) is 13.7. The third kappa shape index (κ3) is 44.0.